The van der Waals surface area contributed by atoms with E-state index in [4.69, 9.17) is 4.98 Å². The number of aromatic nitrogens is 1. The minimum absolute atomic E-state index is 0.402. The predicted octanol–water partition coefficient (Wildman–Crippen LogP) is 4.69. The summed E-state index contributed by atoms with van der Waals surface area (Å²) in [4.78, 5) is 4.87. The van der Waals surface area contributed by atoms with Gasteiger partial charge < -0.3 is 0 Å². The number of pyridine rings is 1. The first kappa shape index (κ1) is 12.7. The van der Waals surface area contributed by atoms with Crippen LogP contribution in [-0.4, -0.2) is 4.98 Å². The van der Waals surface area contributed by atoms with Crippen LogP contribution in [0.4, 0.5) is 0 Å². The third-order valence-electron chi connectivity index (χ3n) is 4.56. The van der Waals surface area contributed by atoms with Crippen LogP contribution in [0, 0.1) is 18.3 Å². The molecule has 2 aromatic rings. The standard InChI is InChI=1S/C18H23N/c1-12-5-7-16-13(9-12)10-14-11-15(18(2,3)4)6-8-17(14)19-16/h5,7,9-10,15H,6,8,11H2,1-4H3. The fourth-order valence-electron chi connectivity index (χ4n) is 3.19. The minimum atomic E-state index is 0.402. The smallest absolute Gasteiger partial charge is 0.0705 e. The number of rotatable bonds is 0. The van der Waals surface area contributed by atoms with E-state index in [1.807, 2.05) is 0 Å². The van der Waals surface area contributed by atoms with Crippen molar-refractivity contribution in [2.45, 2.75) is 47.0 Å². The summed E-state index contributed by atoms with van der Waals surface area (Å²) in [6.45, 7) is 9.24. The molecule has 1 aromatic carbocycles. The first-order valence-corrected chi connectivity index (χ1v) is 7.32. The van der Waals surface area contributed by atoms with Crippen LogP contribution in [0.25, 0.3) is 10.9 Å². The van der Waals surface area contributed by atoms with Gasteiger partial charge in [-0.15, -0.1) is 0 Å². The third-order valence-corrected chi connectivity index (χ3v) is 4.56. The molecular weight excluding hydrogens is 230 g/mol. The summed E-state index contributed by atoms with van der Waals surface area (Å²) in [6, 6.07) is 8.94. The molecule has 0 amide bonds. The number of benzene rings is 1. The van der Waals surface area contributed by atoms with E-state index in [0.717, 1.165) is 17.9 Å². The Bertz CT molecular complexity index is 619. The molecule has 0 bridgehead atoms. The highest BCUT2D eigenvalue weighted by atomic mass is 14.7. The van der Waals surface area contributed by atoms with Crippen molar-refractivity contribution in [1.82, 2.24) is 4.98 Å². The van der Waals surface area contributed by atoms with Gasteiger partial charge in [0, 0.05) is 11.1 Å². The molecule has 1 heteroatoms. The molecule has 1 atom stereocenters. The molecule has 1 aliphatic rings. The minimum Gasteiger partial charge on any atom is -0.253 e. The fraction of sp³-hybridized carbons (Fsp3) is 0.500. The molecule has 0 saturated heterocycles. The summed E-state index contributed by atoms with van der Waals surface area (Å²) in [7, 11) is 0. The topological polar surface area (TPSA) is 12.9 Å². The average molecular weight is 253 g/mol. The zero-order valence-corrected chi connectivity index (χ0v) is 12.5. The van der Waals surface area contributed by atoms with E-state index in [9.17, 15) is 0 Å². The molecule has 1 aliphatic carbocycles. The Morgan fingerprint density at radius 1 is 1.16 bits per heavy atom. The Balaban J connectivity index is 2.04. The van der Waals surface area contributed by atoms with E-state index in [1.165, 1.54) is 35.0 Å². The summed E-state index contributed by atoms with van der Waals surface area (Å²) in [5.74, 6) is 0.782. The lowest BCUT2D eigenvalue weighted by molar-refractivity contribution is 0.215. The van der Waals surface area contributed by atoms with Crippen molar-refractivity contribution in [3.05, 3.63) is 41.1 Å². The lowest BCUT2D eigenvalue weighted by atomic mass is 9.71. The van der Waals surface area contributed by atoms with Crippen LogP contribution in [0.2, 0.25) is 0 Å². The second kappa shape index (κ2) is 4.33. The Hall–Kier alpha value is -1.37. The van der Waals surface area contributed by atoms with E-state index in [2.05, 4.69) is 52.0 Å². The molecule has 1 heterocycles. The third kappa shape index (κ3) is 2.39. The molecular formula is C18H23N. The van der Waals surface area contributed by atoms with Crippen LogP contribution in [0.3, 0.4) is 0 Å². The number of aryl methyl sites for hydroxylation is 2. The van der Waals surface area contributed by atoms with E-state index < -0.39 is 0 Å². The largest absolute Gasteiger partial charge is 0.253 e. The SMILES string of the molecule is Cc1ccc2nc3c(cc2c1)CC(C(C)(C)C)CC3. The highest BCUT2D eigenvalue weighted by Gasteiger charge is 2.29. The molecule has 0 N–H and O–H groups in total. The number of fused-ring (bicyclic) bond motifs is 2. The number of hydrogen-bond acceptors (Lipinski definition) is 1. The first-order valence-electron chi connectivity index (χ1n) is 7.32. The molecule has 1 nitrogen and oxygen atoms in total. The lowest BCUT2D eigenvalue weighted by Crippen LogP contribution is -2.27. The van der Waals surface area contributed by atoms with Crippen LogP contribution >= 0.6 is 0 Å². The van der Waals surface area contributed by atoms with Crippen molar-refractivity contribution in [3.8, 4) is 0 Å². The molecule has 3 rings (SSSR count). The van der Waals surface area contributed by atoms with Gasteiger partial charge in [0.25, 0.3) is 0 Å². The predicted molar refractivity (Wildman–Crippen MR) is 81.5 cm³/mol. The van der Waals surface area contributed by atoms with Gasteiger partial charge in [0.1, 0.15) is 0 Å². The Kier molecular flexibility index (Phi) is 2.88. The summed E-state index contributed by atoms with van der Waals surface area (Å²) in [6.07, 6.45) is 3.61. The highest BCUT2D eigenvalue weighted by Crippen LogP contribution is 2.37. The maximum absolute atomic E-state index is 4.87. The molecule has 0 aliphatic heterocycles. The monoisotopic (exact) mass is 253 g/mol. The van der Waals surface area contributed by atoms with Crippen LogP contribution in [0.15, 0.2) is 24.3 Å². The zero-order chi connectivity index (χ0) is 13.6. The normalized spacial score (nSPS) is 19.5. The maximum Gasteiger partial charge on any atom is 0.0705 e. The summed E-state index contributed by atoms with van der Waals surface area (Å²) in [5, 5.41) is 1.30. The maximum atomic E-state index is 4.87. The van der Waals surface area contributed by atoms with Crippen LogP contribution in [0.1, 0.15) is 44.0 Å². The molecule has 0 spiro atoms. The molecule has 19 heavy (non-hydrogen) atoms. The van der Waals surface area contributed by atoms with Gasteiger partial charge in [0.15, 0.2) is 0 Å². The van der Waals surface area contributed by atoms with Crippen LogP contribution < -0.4 is 0 Å². The fourth-order valence-corrected chi connectivity index (χ4v) is 3.19. The number of hydrogen-bond donors (Lipinski definition) is 0. The quantitative estimate of drug-likeness (QED) is 0.663. The van der Waals surface area contributed by atoms with E-state index in [0.29, 0.717) is 5.41 Å². The van der Waals surface area contributed by atoms with Gasteiger partial charge in [-0.05, 0) is 61.3 Å². The van der Waals surface area contributed by atoms with Crippen molar-refractivity contribution in [3.63, 3.8) is 0 Å². The van der Waals surface area contributed by atoms with E-state index in [1.54, 1.807) is 0 Å². The highest BCUT2D eigenvalue weighted by molar-refractivity contribution is 5.80. The van der Waals surface area contributed by atoms with E-state index >= 15 is 0 Å². The summed E-state index contributed by atoms with van der Waals surface area (Å²) < 4.78 is 0. The van der Waals surface area contributed by atoms with Crippen LogP contribution in [-0.2, 0) is 12.8 Å². The van der Waals surface area contributed by atoms with Crippen molar-refractivity contribution in [1.29, 1.82) is 0 Å². The Labute approximate surface area is 116 Å². The van der Waals surface area contributed by atoms with Gasteiger partial charge in [0.05, 0.1) is 5.52 Å². The van der Waals surface area contributed by atoms with Crippen molar-refractivity contribution >= 4 is 10.9 Å². The zero-order valence-electron chi connectivity index (χ0n) is 12.5. The van der Waals surface area contributed by atoms with Gasteiger partial charge in [-0.25, -0.2) is 0 Å². The molecule has 0 saturated carbocycles. The summed E-state index contributed by atoms with van der Waals surface area (Å²) in [5.41, 5.74) is 5.68. The first-order chi connectivity index (χ1) is 8.93. The van der Waals surface area contributed by atoms with E-state index in [-0.39, 0.29) is 0 Å². The van der Waals surface area contributed by atoms with Crippen molar-refractivity contribution in [2.24, 2.45) is 11.3 Å². The van der Waals surface area contributed by atoms with Gasteiger partial charge in [-0.3, -0.25) is 4.98 Å². The second-order valence-electron chi connectivity index (χ2n) is 7.10. The van der Waals surface area contributed by atoms with Crippen molar-refractivity contribution < 1.29 is 0 Å². The lowest BCUT2D eigenvalue weighted by Gasteiger charge is -2.34. The second-order valence-corrected chi connectivity index (χ2v) is 7.10. The van der Waals surface area contributed by atoms with Gasteiger partial charge in [-0.1, -0.05) is 32.4 Å². The van der Waals surface area contributed by atoms with Gasteiger partial charge in [-0.2, -0.15) is 0 Å². The van der Waals surface area contributed by atoms with Gasteiger partial charge >= 0.3 is 0 Å². The average Bonchev–Trinajstić information content (AvgIpc) is 2.34. The van der Waals surface area contributed by atoms with Crippen LogP contribution in [0.5, 0.6) is 0 Å². The summed E-state index contributed by atoms with van der Waals surface area (Å²) >= 11 is 0. The number of nitrogens with zero attached hydrogens (tertiary/aromatic N) is 1. The molecule has 1 unspecified atom stereocenters. The molecule has 0 fully saturated rings. The van der Waals surface area contributed by atoms with Gasteiger partial charge in [0.2, 0.25) is 0 Å². The Morgan fingerprint density at radius 3 is 2.68 bits per heavy atom. The Morgan fingerprint density at radius 2 is 1.95 bits per heavy atom. The molecule has 1 aromatic heterocycles. The van der Waals surface area contributed by atoms with Crippen molar-refractivity contribution in [2.75, 3.05) is 0 Å². The molecule has 100 valence electrons. The molecule has 0 radical (unpaired) electrons.